The van der Waals surface area contributed by atoms with E-state index in [1.54, 1.807) is 4.31 Å². The standard InChI is InChI=1S/C16H32N2O2S/c1-3-10-17-14-16(8-4-5-9-16)12-15-7-6-11-18(13-15)21(2,19)20/h15,17H,3-14H2,1-2H3. The molecule has 1 atom stereocenters. The second kappa shape index (κ2) is 7.42. The van der Waals surface area contributed by atoms with E-state index in [1.165, 1.54) is 51.2 Å². The monoisotopic (exact) mass is 316 g/mol. The highest BCUT2D eigenvalue weighted by molar-refractivity contribution is 7.88. The third kappa shape index (κ3) is 4.93. The third-order valence-corrected chi connectivity index (χ3v) is 6.53. The van der Waals surface area contributed by atoms with Gasteiger partial charge in [0.25, 0.3) is 0 Å². The maximum Gasteiger partial charge on any atom is 0.211 e. The first kappa shape index (κ1) is 17.2. The highest BCUT2D eigenvalue weighted by Crippen LogP contribution is 2.44. The van der Waals surface area contributed by atoms with Gasteiger partial charge in [0, 0.05) is 19.6 Å². The van der Waals surface area contributed by atoms with E-state index in [9.17, 15) is 8.42 Å². The van der Waals surface area contributed by atoms with Gasteiger partial charge in [-0.25, -0.2) is 12.7 Å². The largest absolute Gasteiger partial charge is 0.316 e. The topological polar surface area (TPSA) is 49.4 Å². The molecule has 124 valence electrons. The van der Waals surface area contributed by atoms with Crippen LogP contribution in [0.4, 0.5) is 0 Å². The van der Waals surface area contributed by atoms with Crippen molar-refractivity contribution < 1.29 is 8.42 Å². The lowest BCUT2D eigenvalue weighted by Gasteiger charge is -2.38. The van der Waals surface area contributed by atoms with Crippen LogP contribution in [0.2, 0.25) is 0 Å². The predicted molar refractivity (Wildman–Crippen MR) is 87.8 cm³/mol. The van der Waals surface area contributed by atoms with Crippen molar-refractivity contribution >= 4 is 10.0 Å². The Labute approximate surface area is 130 Å². The van der Waals surface area contributed by atoms with Gasteiger partial charge in [0.1, 0.15) is 0 Å². The van der Waals surface area contributed by atoms with Crippen molar-refractivity contribution in [2.45, 2.75) is 58.3 Å². The molecular weight excluding hydrogens is 284 g/mol. The van der Waals surface area contributed by atoms with Gasteiger partial charge in [0.2, 0.25) is 10.0 Å². The molecule has 21 heavy (non-hydrogen) atoms. The van der Waals surface area contributed by atoms with Crippen molar-refractivity contribution in [2.75, 3.05) is 32.4 Å². The Balaban J connectivity index is 1.93. The number of sulfonamides is 1. The van der Waals surface area contributed by atoms with Crippen molar-refractivity contribution in [3.8, 4) is 0 Å². The Morgan fingerprint density at radius 3 is 2.57 bits per heavy atom. The van der Waals surface area contributed by atoms with E-state index in [4.69, 9.17) is 0 Å². The molecule has 1 aliphatic heterocycles. The fourth-order valence-electron chi connectivity index (χ4n) is 4.22. The molecule has 1 saturated carbocycles. The van der Waals surface area contributed by atoms with Gasteiger partial charge in [-0.3, -0.25) is 0 Å². The van der Waals surface area contributed by atoms with E-state index < -0.39 is 10.0 Å². The number of hydrogen-bond donors (Lipinski definition) is 1. The van der Waals surface area contributed by atoms with Gasteiger partial charge in [-0.15, -0.1) is 0 Å². The molecule has 0 amide bonds. The summed E-state index contributed by atoms with van der Waals surface area (Å²) < 4.78 is 25.2. The normalized spacial score (nSPS) is 27.0. The quantitative estimate of drug-likeness (QED) is 0.735. The number of nitrogens with one attached hydrogen (secondary N) is 1. The molecule has 1 aliphatic carbocycles. The Morgan fingerprint density at radius 2 is 1.95 bits per heavy atom. The Kier molecular flexibility index (Phi) is 6.09. The highest BCUT2D eigenvalue weighted by Gasteiger charge is 2.37. The summed E-state index contributed by atoms with van der Waals surface area (Å²) >= 11 is 0. The van der Waals surface area contributed by atoms with E-state index in [1.807, 2.05) is 0 Å². The van der Waals surface area contributed by atoms with Crippen molar-refractivity contribution in [1.29, 1.82) is 0 Å². The molecule has 0 aromatic rings. The van der Waals surface area contributed by atoms with Crippen LogP contribution in [0.15, 0.2) is 0 Å². The molecule has 2 rings (SSSR count). The van der Waals surface area contributed by atoms with E-state index in [-0.39, 0.29) is 0 Å². The molecule has 1 heterocycles. The predicted octanol–water partition coefficient (Wildman–Crippen LogP) is 2.61. The van der Waals surface area contributed by atoms with Crippen LogP contribution in [-0.4, -0.2) is 45.2 Å². The number of rotatable bonds is 7. The maximum absolute atomic E-state index is 11.8. The zero-order valence-corrected chi connectivity index (χ0v) is 14.6. The van der Waals surface area contributed by atoms with Gasteiger partial charge in [-0.2, -0.15) is 0 Å². The molecule has 1 saturated heterocycles. The molecular formula is C16H32N2O2S. The van der Waals surface area contributed by atoms with Gasteiger partial charge in [0.05, 0.1) is 6.26 Å². The molecule has 0 aromatic carbocycles. The average Bonchev–Trinajstić information content (AvgIpc) is 2.87. The van der Waals surface area contributed by atoms with E-state index >= 15 is 0 Å². The third-order valence-electron chi connectivity index (χ3n) is 5.26. The van der Waals surface area contributed by atoms with Crippen LogP contribution in [0.25, 0.3) is 0 Å². The Hall–Kier alpha value is -0.130. The van der Waals surface area contributed by atoms with Crippen molar-refractivity contribution in [3.63, 3.8) is 0 Å². The summed E-state index contributed by atoms with van der Waals surface area (Å²) in [4.78, 5) is 0. The van der Waals surface area contributed by atoms with Crippen LogP contribution in [0.1, 0.15) is 58.3 Å². The second-order valence-electron chi connectivity index (χ2n) is 7.22. The number of hydrogen-bond acceptors (Lipinski definition) is 3. The smallest absolute Gasteiger partial charge is 0.211 e. The summed E-state index contributed by atoms with van der Waals surface area (Å²) in [6, 6.07) is 0. The van der Waals surface area contributed by atoms with Crippen LogP contribution in [0.5, 0.6) is 0 Å². The summed E-state index contributed by atoms with van der Waals surface area (Å²) in [6.07, 6.45) is 11.3. The van der Waals surface area contributed by atoms with Gasteiger partial charge in [0.15, 0.2) is 0 Å². The van der Waals surface area contributed by atoms with Crippen LogP contribution < -0.4 is 5.32 Å². The molecule has 0 spiro atoms. The van der Waals surface area contributed by atoms with Crippen molar-refractivity contribution in [3.05, 3.63) is 0 Å². The minimum atomic E-state index is -3.02. The van der Waals surface area contributed by atoms with Gasteiger partial charge >= 0.3 is 0 Å². The fraction of sp³-hybridized carbons (Fsp3) is 1.00. The lowest BCUT2D eigenvalue weighted by atomic mass is 9.75. The number of nitrogens with zero attached hydrogens (tertiary/aromatic N) is 1. The lowest BCUT2D eigenvalue weighted by molar-refractivity contribution is 0.162. The minimum absolute atomic E-state index is 0.431. The summed E-state index contributed by atoms with van der Waals surface area (Å²) in [5.41, 5.74) is 0.431. The molecule has 0 bridgehead atoms. The Bertz CT molecular complexity index is 416. The zero-order valence-electron chi connectivity index (χ0n) is 13.7. The maximum atomic E-state index is 11.8. The molecule has 4 nitrogen and oxygen atoms in total. The van der Waals surface area contributed by atoms with E-state index in [0.29, 0.717) is 11.3 Å². The van der Waals surface area contributed by atoms with Crippen LogP contribution in [0.3, 0.4) is 0 Å². The SMILES string of the molecule is CCCNCC1(CC2CCCN(S(C)(=O)=O)C2)CCCC1. The fourth-order valence-corrected chi connectivity index (χ4v) is 5.16. The Morgan fingerprint density at radius 1 is 1.24 bits per heavy atom. The van der Waals surface area contributed by atoms with E-state index in [0.717, 1.165) is 32.6 Å². The van der Waals surface area contributed by atoms with Gasteiger partial charge in [-0.1, -0.05) is 19.8 Å². The van der Waals surface area contributed by atoms with E-state index in [2.05, 4.69) is 12.2 Å². The first-order valence-corrected chi connectivity index (χ1v) is 10.5. The molecule has 2 aliphatic rings. The highest BCUT2D eigenvalue weighted by atomic mass is 32.2. The minimum Gasteiger partial charge on any atom is -0.316 e. The van der Waals surface area contributed by atoms with Gasteiger partial charge < -0.3 is 5.32 Å². The molecule has 2 fully saturated rings. The van der Waals surface area contributed by atoms with Gasteiger partial charge in [-0.05, 0) is 56.4 Å². The van der Waals surface area contributed by atoms with Crippen LogP contribution >= 0.6 is 0 Å². The summed E-state index contributed by atoms with van der Waals surface area (Å²) in [5.74, 6) is 0.551. The molecule has 1 unspecified atom stereocenters. The first-order valence-electron chi connectivity index (χ1n) is 8.61. The summed E-state index contributed by atoms with van der Waals surface area (Å²) in [6.45, 7) is 5.89. The van der Waals surface area contributed by atoms with Crippen molar-refractivity contribution in [2.24, 2.45) is 11.3 Å². The lowest BCUT2D eigenvalue weighted by Crippen LogP contribution is -2.42. The number of piperidine rings is 1. The zero-order chi connectivity index (χ0) is 15.3. The van der Waals surface area contributed by atoms with Crippen LogP contribution in [-0.2, 0) is 10.0 Å². The summed E-state index contributed by atoms with van der Waals surface area (Å²) in [5, 5.41) is 3.62. The average molecular weight is 317 g/mol. The molecule has 1 N–H and O–H groups in total. The molecule has 0 aromatic heterocycles. The summed E-state index contributed by atoms with van der Waals surface area (Å²) in [7, 11) is -3.02. The van der Waals surface area contributed by atoms with Crippen molar-refractivity contribution in [1.82, 2.24) is 9.62 Å². The molecule has 0 radical (unpaired) electrons. The molecule has 5 heteroatoms. The first-order chi connectivity index (χ1) is 9.95. The second-order valence-corrected chi connectivity index (χ2v) is 9.20. The van der Waals surface area contributed by atoms with Crippen LogP contribution in [0, 0.1) is 11.3 Å².